The van der Waals surface area contributed by atoms with Gasteiger partial charge in [-0.2, -0.15) is 0 Å². The van der Waals surface area contributed by atoms with Crippen molar-refractivity contribution in [3.63, 3.8) is 0 Å². The quantitative estimate of drug-likeness (QED) is 0.865. The molecule has 0 unspecified atom stereocenters. The molecule has 17 heavy (non-hydrogen) atoms. The molecule has 2 rings (SSSR count). The molecular weight excluding hydrogens is 214 g/mol. The molecule has 0 saturated carbocycles. The number of benzene rings is 1. The van der Waals surface area contributed by atoms with Gasteiger partial charge in [-0.3, -0.25) is 0 Å². The summed E-state index contributed by atoms with van der Waals surface area (Å²) in [5, 5.41) is 17.0. The highest BCUT2D eigenvalue weighted by atomic mass is 16.3. The van der Waals surface area contributed by atoms with Crippen LogP contribution in [0.1, 0.15) is 22.8 Å². The lowest BCUT2D eigenvalue weighted by Crippen LogP contribution is -2.03. The van der Waals surface area contributed by atoms with E-state index in [2.05, 4.69) is 41.4 Å². The molecule has 90 valence electrons. The van der Waals surface area contributed by atoms with E-state index in [9.17, 15) is 0 Å². The second-order valence-corrected chi connectivity index (χ2v) is 4.24. The maximum absolute atomic E-state index is 9.02. The summed E-state index contributed by atoms with van der Waals surface area (Å²) in [5.41, 5.74) is 2.57. The van der Waals surface area contributed by atoms with E-state index in [-0.39, 0.29) is 6.61 Å². The molecule has 0 atom stereocenters. The molecule has 0 radical (unpaired) electrons. The molecule has 1 aromatic heterocycles. The average Bonchev–Trinajstić information content (AvgIpc) is 2.69. The van der Waals surface area contributed by atoms with Crippen molar-refractivity contribution >= 4 is 0 Å². The molecule has 4 nitrogen and oxygen atoms in total. The first-order chi connectivity index (χ1) is 8.20. The van der Waals surface area contributed by atoms with Crippen LogP contribution in [0.4, 0.5) is 0 Å². The van der Waals surface area contributed by atoms with E-state index in [1.807, 2.05) is 11.6 Å². The van der Waals surface area contributed by atoms with Crippen molar-refractivity contribution in [2.75, 3.05) is 0 Å². The summed E-state index contributed by atoms with van der Waals surface area (Å²) in [7, 11) is 1.88. The van der Waals surface area contributed by atoms with E-state index in [4.69, 9.17) is 5.11 Å². The summed E-state index contributed by atoms with van der Waals surface area (Å²) in [6, 6.07) is 8.51. The Hall–Kier alpha value is -1.68. The normalized spacial score (nSPS) is 10.8. The Labute approximate surface area is 101 Å². The molecule has 4 heteroatoms. The number of hydrogen-bond acceptors (Lipinski definition) is 3. The molecule has 0 bridgehead atoms. The Morgan fingerprint density at radius 3 is 2.29 bits per heavy atom. The first-order valence-electron chi connectivity index (χ1n) is 5.74. The third-order valence-electron chi connectivity index (χ3n) is 2.95. The highest BCUT2D eigenvalue weighted by Crippen LogP contribution is 2.08. The van der Waals surface area contributed by atoms with Crippen molar-refractivity contribution < 1.29 is 5.11 Å². The predicted molar refractivity (Wildman–Crippen MR) is 65.5 cm³/mol. The molecule has 0 amide bonds. The van der Waals surface area contributed by atoms with Gasteiger partial charge in [0.05, 0.1) is 0 Å². The van der Waals surface area contributed by atoms with Gasteiger partial charge in [-0.05, 0) is 18.9 Å². The van der Waals surface area contributed by atoms with E-state index in [0.29, 0.717) is 5.82 Å². The van der Waals surface area contributed by atoms with Crippen LogP contribution >= 0.6 is 0 Å². The Balaban J connectivity index is 2.02. The molecule has 1 heterocycles. The minimum atomic E-state index is -0.0615. The molecule has 0 saturated heterocycles. The van der Waals surface area contributed by atoms with Crippen LogP contribution in [0, 0.1) is 6.92 Å². The summed E-state index contributed by atoms with van der Waals surface area (Å²) < 4.78 is 1.86. The number of hydrogen-bond donors (Lipinski definition) is 1. The second kappa shape index (κ2) is 5.10. The summed E-state index contributed by atoms with van der Waals surface area (Å²) in [4.78, 5) is 0. The molecule has 1 aromatic carbocycles. The minimum absolute atomic E-state index is 0.0615. The Morgan fingerprint density at radius 2 is 1.71 bits per heavy atom. The molecule has 0 fully saturated rings. The highest BCUT2D eigenvalue weighted by Gasteiger charge is 2.07. The topological polar surface area (TPSA) is 50.9 Å². The largest absolute Gasteiger partial charge is 0.388 e. The van der Waals surface area contributed by atoms with E-state index < -0.39 is 0 Å². The van der Waals surface area contributed by atoms with Crippen LogP contribution < -0.4 is 0 Å². The minimum Gasteiger partial charge on any atom is -0.388 e. The number of aliphatic hydroxyl groups is 1. The zero-order valence-corrected chi connectivity index (χ0v) is 10.2. The lowest BCUT2D eigenvalue weighted by Gasteiger charge is -2.03. The van der Waals surface area contributed by atoms with Crippen LogP contribution in [0.25, 0.3) is 0 Å². The Bertz CT molecular complexity index is 488. The van der Waals surface area contributed by atoms with E-state index in [0.717, 1.165) is 18.7 Å². The van der Waals surface area contributed by atoms with Crippen LogP contribution in [0.2, 0.25) is 0 Å². The van der Waals surface area contributed by atoms with Gasteiger partial charge >= 0.3 is 0 Å². The van der Waals surface area contributed by atoms with Crippen molar-refractivity contribution in [1.82, 2.24) is 14.8 Å². The summed E-state index contributed by atoms with van der Waals surface area (Å²) in [6.07, 6.45) is 1.78. The summed E-state index contributed by atoms with van der Waals surface area (Å²) >= 11 is 0. The fourth-order valence-electron chi connectivity index (χ4n) is 1.76. The van der Waals surface area contributed by atoms with Gasteiger partial charge in [0.15, 0.2) is 5.82 Å². The van der Waals surface area contributed by atoms with Crippen molar-refractivity contribution in [2.24, 2.45) is 7.05 Å². The first kappa shape index (κ1) is 11.8. The van der Waals surface area contributed by atoms with Crippen LogP contribution in [-0.2, 0) is 26.5 Å². The van der Waals surface area contributed by atoms with Crippen LogP contribution in [0.15, 0.2) is 24.3 Å². The van der Waals surface area contributed by atoms with Gasteiger partial charge in [0.1, 0.15) is 12.4 Å². The van der Waals surface area contributed by atoms with Crippen molar-refractivity contribution in [3.8, 4) is 0 Å². The molecule has 2 aromatic rings. The van der Waals surface area contributed by atoms with Gasteiger partial charge in [-0.15, -0.1) is 10.2 Å². The van der Waals surface area contributed by atoms with Crippen LogP contribution in [0.5, 0.6) is 0 Å². The van der Waals surface area contributed by atoms with Crippen molar-refractivity contribution in [3.05, 3.63) is 47.0 Å². The van der Waals surface area contributed by atoms with E-state index in [1.54, 1.807) is 0 Å². The van der Waals surface area contributed by atoms with Crippen LogP contribution in [-0.4, -0.2) is 19.9 Å². The summed E-state index contributed by atoms with van der Waals surface area (Å²) in [6.45, 7) is 2.02. The third-order valence-corrected chi connectivity index (χ3v) is 2.95. The zero-order chi connectivity index (χ0) is 12.3. The van der Waals surface area contributed by atoms with Gasteiger partial charge in [-0.25, -0.2) is 0 Å². The number of aliphatic hydroxyl groups excluding tert-OH is 1. The number of rotatable bonds is 4. The van der Waals surface area contributed by atoms with Gasteiger partial charge in [0, 0.05) is 13.5 Å². The maximum atomic E-state index is 9.02. The number of aryl methyl sites for hydroxylation is 3. The smallest absolute Gasteiger partial charge is 0.158 e. The maximum Gasteiger partial charge on any atom is 0.158 e. The lowest BCUT2D eigenvalue weighted by molar-refractivity contribution is 0.266. The molecule has 0 aliphatic rings. The summed E-state index contributed by atoms with van der Waals surface area (Å²) in [5.74, 6) is 1.53. The monoisotopic (exact) mass is 231 g/mol. The molecule has 0 aliphatic carbocycles. The molecular formula is C13H17N3O. The SMILES string of the molecule is Cc1ccc(CCc2nnc(CO)n2C)cc1. The van der Waals surface area contributed by atoms with Gasteiger partial charge < -0.3 is 9.67 Å². The molecule has 0 aliphatic heterocycles. The van der Waals surface area contributed by atoms with E-state index in [1.165, 1.54) is 11.1 Å². The lowest BCUT2D eigenvalue weighted by atomic mass is 10.1. The predicted octanol–water partition coefficient (Wildman–Crippen LogP) is 1.40. The molecule has 0 spiro atoms. The fraction of sp³-hybridized carbons (Fsp3) is 0.385. The third kappa shape index (κ3) is 2.71. The zero-order valence-electron chi connectivity index (χ0n) is 10.2. The van der Waals surface area contributed by atoms with Crippen LogP contribution in [0.3, 0.4) is 0 Å². The fourth-order valence-corrected chi connectivity index (χ4v) is 1.76. The number of aromatic nitrogens is 3. The highest BCUT2D eigenvalue weighted by molar-refractivity contribution is 5.21. The van der Waals surface area contributed by atoms with Gasteiger partial charge in [-0.1, -0.05) is 29.8 Å². The first-order valence-corrected chi connectivity index (χ1v) is 5.74. The Morgan fingerprint density at radius 1 is 1.06 bits per heavy atom. The van der Waals surface area contributed by atoms with E-state index >= 15 is 0 Å². The standard InChI is InChI=1S/C13H17N3O/c1-10-3-5-11(6-4-10)7-8-12-14-15-13(9-17)16(12)2/h3-6,17H,7-9H2,1-2H3. The van der Waals surface area contributed by atoms with Crippen molar-refractivity contribution in [2.45, 2.75) is 26.4 Å². The Kier molecular flexibility index (Phi) is 3.54. The second-order valence-electron chi connectivity index (χ2n) is 4.24. The number of nitrogens with zero attached hydrogens (tertiary/aromatic N) is 3. The van der Waals surface area contributed by atoms with Crippen molar-refractivity contribution in [1.29, 1.82) is 0 Å². The average molecular weight is 231 g/mol. The van der Waals surface area contributed by atoms with Gasteiger partial charge in [0.2, 0.25) is 0 Å². The molecule has 1 N–H and O–H groups in total. The van der Waals surface area contributed by atoms with Gasteiger partial charge in [0.25, 0.3) is 0 Å².